The van der Waals surface area contributed by atoms with Crippen LogP contribution in [0.25, 0.3) is 0 Å². The fraction of sp³-hybridized carbons (Fsp3) is 0.583. The standard InChI is InChI=1S/C12H17N3O3S2/c16-9-5-6-11-10-13-12(19-11)14-20(17,18)15-7-3-1-2-4-8-15/h10,16H,1-4,7-9H2,(H,13,14). The number of aliphatic hydroxyl groups is 1. The first kappa shape index (κ1) is 15.3. The molecule has 0 aliphatic carbocycles. The van der Waals surface area contributed by atoms with Gasteiger partial charge in [0.15, 0.2) is 5.13 Å². The molecule has 1 saturated heterocycles. The summed E-state index contributed by atoms with van der Waals surface area (Å²) < 4.78 is 28.4. The minimum atomic E-state index is -3.53. The van der Waals surface area contributed by atoms with Gasteiger partial charge in [-0.05, 0) is 12.8 Å². The van der Waals surface area contributed by atoms with Gasteiger partial charge in [-0.3, -0.25) is 0 Å². The average Bonchev–Trinajstić information content (AvgIpc) is 2.67. The molecule has 2 heterocycles. The Morgan fingerprint density at radius 1 is 1.35 bits per heavy atom. The second kappa shape index (κ2) is 7.04. The third kappa shape index (κ3) is 4.18. The summed E-state index contributed by atoms with van der Waals surface area (Å²) in [5, 5.41) is 8.91. The van der Waals surface area contributed by atoms with Crippen LogP contribution >= 0.6 is 11.3 Å². The summed E-state index contributed by atoms with van der Waals surface area (Å²) >= 11 is 1.16. The number of aromatic nitrogens is 1. The molecule has 20 heavy (non-hydrogen) atoms. The molecule has 2 N–H and O–H groups in total. The van der Waals surface area contributed by atoms with Crippen molar-refractivity contribution < 1.29 is 13.5 Å². The lowest BCUT2D eigenvalue weighted by molar-refractivity contribution is 0.350. The van der Waals surface area contributed by atoms with Crippen molar-refractivity contribution in [1.29, 1.82) is 0 Å². The third-order valence-electron chi connectivity index (χ3n) is 2.92. The Kier molecular flexibility index (Phi) is 5.37. The van der Waals surface area contributed by atoms with Gasteiger partial charge in [0, 0.05) is 13.1 Å². The molecule has 1 aliphatic rings. The van der Waals surface area contributed by atoms with E-state index in [1.807, 2.05) is 0 Å². The molecular formula is C12H17N3O3S2. The maximum absolute atomic E-state index is 12.2. The molecule has 0 aromatic carbocycles. The van der Waals surface area contributed by atoms with Gasteiger partial charge in [0.2, 0.25) is 0 Å². The largest absolute Gasteiger partial charge is 0.384 e. The summed E-state index contributed by atoms with van der Waals surface area (Å²) in [5.41, 5.74) is 0. The van der Waals surface area contributed by atoms with E-state index < -0.39 is 10.2 Å². The Balaban J connectivity index is 2.05. The molecule has 0 saturated carbocycles. The van der Waals surface area contributed by atoms with Gasteiger partial charge >= 0.3 is 10.2 Å². The monoisotopic (exact) mass is 315 g/mol. The topological polar surface area (TPSA) is 82.5 Å². The second-order valence-electron chi connectivity index (χ2n) is 4.41. The van der Waals surface area contributed by atoms with Crippen LogP contribution in [-0.4, -0.2) is 42.5 Å². The molecule has 1 fully saturated rings. The molecule has 0 amide bonds. The smallest absolute Gasteiger partial charge is 0.303 e. The number of nitrogens with one attached hydrogen (secondary N) is 1. The Morgan fingerprint density at radius 2 is 2.05 bits per heavy atom. The summed E-state index contributed by atoms with van der Waals surface area (Å²) in [5.74, 6) is 5.20. The van der Waals surface area contributed by atoms with Crippen LogP contribution in [0.3, 0.4) is 0 Å². The first-order valence-corrected chi connectivity index (χ1v) is 8.71. The van der Waals surface area contributed by atoms with Gasteiger partial charge in [0.25, 0.3) is 0 Å². The van der Waals surface area contributed by atoms with Gasteiger partial charge in [0.1, 0.15) is 6.61 Å². The molecule has 1 aliphatic heterocycles. The van der Waals surface area contributed by atoms with Gasteiger partial charge in [-0.25, -0.2) is 9.71 Å². The van der Waals surface area contributed by atoms with Crippen LogP contribution < -0.4 is 4.72 Å². The number of anilines is 1. The number of hydrogen-bond acceptors (Lipinski definition) is 5. The molecule has 1 aromatic rings. The van der Waals surface area contributed by atoms with Crippen LogP contribution in [-0.2, 0) is 10.2 Å². The number of thiazole rings is 1. The van der Waals surface area contributed by atoms with Gasteiger partial charge in [-0.15, -0.1) is 0 Å². The van der Waals surface area contributed by atoms with Gasteiger partial charge < -0.3 is 5.11 Å². The lowest BCUT2D eigenvalue weighted by atomic mass is 10.2. The van der Waals surface area contributed by atoms with E-state index in [1.54, 1.807) is 0 Å². The van der Waals surface area contributed by atoms with E-state index in [4.69, 9.17) is 5.11 Å². The maximum atomic E-state index is 12.2. The predicted octanol–water partition coefficient (Wildman–Crippen LogP) is 1.02. The van der Waals surface area contributed by atoms with Gasteiger partial charge in [-0.1, -0.05) is 36.0 Å². The summed E-state index contributed by atoms with van der Waals surface area (Å²) in [6.07, 6.45) is 5.43. The predicted molar refractivity (Wildman–Crippen MR) is 78.7 cm³/mol. The Morgan fingerprint density at radius 3 is 2.70 bits per heavy atom. The van der Waals surface area contributed by atoms with Crippen molar-refractivity contribution in [3.8, 4) is 11.8 Å². The molecular weight excluding hydrogens is 298 g/mol. The molecule has 0 bridgehead atoms. The van der Waals surface area contributed by atoms with E-state index in [1.165, 1.54) is 10.5 Å². The van der Waals surface area contributed by atoms with Gasteiger partial charge in [-0.2, -0.15) is 12.7 Å². The van der Waals surface area contributed by atoms with Crippen molar-refractivity contribution in [2.24, 2.45) is 0 Å². The Bertz CT molecular complexity index is 593. The molecule has 0 spiro atoms. The second-order valence-corrected chi connectivity index (χ2v) is 7.11. The van der Waals surface area contributed by atoms with Crippen molar-refractivity contribution in [2.75, 3.05) is 24.4 Å². The van der Waals surface area contributed by atoms with Crippen LogP contribution in [0.4, 0.5) is 5.13 Å². The quantitative estimate of drug-likeness (QED) is 0.816. The van der Waals surface area contributed by atoms with E-state index in [0.29, 0.717) is 23.1 Å². The molecule has 2 rings (SSSR count). The highest BCUT2D eigenvalue weighted by molar-refractivity contribution is 7.90. The fourth-order valence-corrected chi connectivity index (χ4v) is 4.13. The summed E-state index contributed by atoms with van der Waals surface area (Å²) in [6.45, 7) is 0.877. The van der Waals surface area contributed by atoms with Crippen molar-refractivity contribution >= 4 is 26.7 Å². The van der Waals surface area contributed by atoms with E-state index in [-0.39, 0.29) is 6.61 Å². The normalized spacial score (nSPS) is 17.1. The van der Waals surface area contributed by atoms with E-state index in [2.05, 4.69) is 21.5 Å². The first-order valence-electron chi connectivity index (χ1n) is 6.45. The number of rotatable bonds is 3. The highest BCUT2D eigenvalue weighted by Gasteiger charge is 2.23. The van der Waals surface area contributed by atoms with E-state index in [9.17, 15) is 8.42 Å². The van der Waals surface area contributed by atoms with E-state index >= 15 is 0 Å². The number of aliphatic hydroxyl groups excluding tert-OH is 1. The molecule has 110 valence electrons. The molecule has 0 unspecified atom stereocenters. The highest BCUT2D eigenvalue weighted by atomic mass is 32.2. The van der Waals surface area contributed by atoms with Crippen LogP contribution in [0, 0.1) is 11.8 Å². The third-order valence-corrected chi connectivity index (χ3v) is 5.37. The van der Waals surface area contributed by atoms with Crippen LogP contribution in [0.2, 0.25) is 0 Å². The molecule has 8 heteroatoms. The van der Waals surface area contributed by atoms with Crippen molar-refractivity contribution in [3.63, 3.8) is 0 Å². The molecule has 0 atom stereocenters. The summed E-state index contributed by atoms with van der Waals surface area (Å²) in [7, 11) is -3.53. The highest BCUT2D eigenvalue weighted by Crippen LogP contribution is 2.20. The lowest BCUT2D eigenvalue weighted by Gasteiger charge is -2.19. The minimum Gasteiger partial charge on any atom is -0.384 e. The fourth-order valence-electron chi connectivity index (χ4n) is 1.96. The zero-order chi connectivity index (χ0) is 14.4. The zero-order valence-electron chi connectivity index (χ0n) is 11.0. The molecule has 6 nitrogen and oxygen atoms in total. The Labute approximate surface area is 123 Å². The van der Waals surface area contributed by atoms with Crippen LogP contribution in [0.1, 0.15) is 30.6 Å². The first-order chi connectivity index (χ1) is 9.62. The van der Waals surface area contributed by atoms with Crippen LogP contribution in [0.15, 0.2) is 6.20 Å². The minimum absolute atomic E-state index is 0.229. The summed E-state index contributed by atoms with van der Waals surface area (Å²) in [4.78, 5) is 4.61. The van der Waals surface area contributed by atoms with Crippen molar-refractivity contribution in [1.82, 2.24) is 9.29 Å². The zero-order valence-corrected chi connectivity index (χ0v) is 12.6. The van der Waals surface area contributed by atoms with E-state index in [0.717, 1.165) is 37.0 Å². The van der Waals surface area contributed by atoms with Crippen molar-refractivity contribution in [3.05, 3.63) is 11.1 Å². The average molecular weight is 315 g/mol. The van der Waals surface area contributed by atoms with Gasteiger partial charge in [0.05, 0.1) is 11.1 Å². The lowest BCUT2D eigenvalue weighted by Crippen LogP contribution is -2.36. The van der Waals surface area contributed by atoms with Crippen LogP contribution in [0.5, 0.6) is 0 Å². The summed E-state index contributed by atoms with van der Waals surface area (Å²) in [6, 6.07) is 0. The molecule has 1 aromatic heterocycles. The molecule has 0 radical (unpaired) electrons. The number of hydrogen-bond donors (Lipinski definition) is 2. The number of nitrogens with zero attached hydrogens (tertiary/aromatic N) is 2. The SMILES string of the molecule is O=S(=O)(Nc1ncc(C#CCO)s1)N1CCCCCC1. The van der Waals surface area contributed by atoms with Crippen molar-refractivity contribution in [2.45, 2.75) is 25.7 Å². The Hall–Kier alpha value is -1.14. The maximum Gasteiger partial charge on any atom is 0.303 e.